The minimum absolute atomic E-state index is 0.0294. The lowest BCUT2D eigenvalue weighted by Gasteiger charge is -2.39. The normalized spacial score (nSPS) is 18.6. The van der Waals surface area contributed by atoms with Crippen LogP contribution in [0.15, 0.2) is 12.1 Å². The van der Waals surface area contributed by atoms with Gasteiger partial charge >= 0.3 is 6.18 Å². The van der Waals surface area contributed by atoms with E-state index in [4.69, 9.17) is 18.0 Å². The molecule has 7 heteroatoms. The number of piperidine rings is 1. The maximum atomic E-state index is 12.9. The van der Waals surface area contributed by atoms with Crippen molar-refractivity contribution in [2.24, 2.45) is 11.1 Å². The first kappa shape index (κ1) is 16.0. The van der Waals surface area contributed by atoms with Crippen LogP contribution in [0.3, 0.4) is 0 Å². The summed E-state index contributed by atoms with van der Waals surface area (Å²) < 4.78 is 38.6. The van der Waals surface area contributed by atoms with E-state index in [1.54, 1.807) is 0 Å². The Labute approximate surface area is 127 Å². The van der Waals surface area contributed by atoms with E-state index in [1.807, 2.05) is 4.90 Å². The molecule has 1 aromatic rings. The van der Waals surface area contributed by atoms with Crippen LogP contribution in [0.1, 0.15) is 37.9 Å². The molecule has 2 rings (SSSR count). The zero-order valence-electron chi connectivity index (χ0n) is 12.0. The smallest absolute Gasteiger partial charge is 0.389 e. The Morgan fingerprint density at radius 2 is 2.05 bits per heavy atom. The maximum absolute atomic E-state index is 12.9. The van der Waals surface area contributed by atoms with Gasteiger partial charge in [-0.15, -0.1) is 0 Å². The largest absolute Gasteiger partial charge is 0.433 e. The number of nitrogens with two attached hydrogens (primary N) is 1. The van der Waals surface area contributed by atoms with E-state index >= 15 is 0 Å². The minimum atomic E-state index is -4.48. The van der Waals surface area contributed by atoms with E-state index in [-0.39, 0.29) is 16.2 Å². The lowest BCUT2D eigenvalue weighted by atomic mass is 9.84. The van der Waals surface area contributed by atoms with Crippen molar-refractivity contribution in [3.63, 3.8) is 0 Å². The van der Waals surface area contributed by atoms with Crippen LogP contribution < -0.4 is 10.6 Å². The third kappa shape index (κ3) is 3.64. The summed E-state index contributed by atoms with van der Waals surface area (Å²) in [5.74, 6) is 0.241. The van der Waals surface area contributed by atoms with Crippen LogP contribution in [0.25, 0.3) is 0 Å². The third-order valence-electron chi connectivity index (χ3n) is 3.63. The molecular formula is C14H18F3N3S. The number of aromatic nitrogens is 1. The number of alkyl halides is 3. The zero-order valence-corrected chi connectivity index (χ0v) is 12.8. The molecule has 2 heterocycles. The van der Waals surface area contributed by atoms with E-state index in [0.717, 1.165) is 18.9 Å². The van der Waals surface area contributed by atoms with Gasteiger partial charge in [0.25, 0.3) is 0 Å². The van der Waals surface area contributed by atoms with Crippen molar-refractivity contribution in [3.8, 4) is 0 Å². The topological polar surface area (TPSA) is 42.2 Å². The quantitative estimate of drug-likeness (QED) is 0.849. The molecule has 1 fully saturated rings. The highest BCUT2D eigenvalue weighted by molar-refractivity contribution is 7.80. The number of pyridine rings is 1. The standard InChI is InChI=1S/C14H18F3N3S/c1-13(2)6-3-7-20(8-13)12-9(11(18)21)4-5-10(19-12)14(15,16)17/h4-5H,3,6-8H2,1-2H3,(H2,18,21). The molecule has 0 aliphatic carbocycles. The van der Waals surface area contributed by atoms with Crippen LogP contribution in [-0.2, 0) is 6.18 Å². The van der Waals surface area contributed by atoms with Crippen molar-refractivity contribution in [2.45, 2.75) is 32.9 Å². The number of rotatable bonds is 2. The van der Waals surface area contributed by atoms with Crippen LogP contribution in [0.4, 0.5) is 19.0 Å². The molecule has 1 saturated heterocycles. The number of halogens is 3. The molecule has 116 valence electrons. The van der Waals surface area contributed by atoms with Crippen molar-refractivity contribution < 1.29 is 13.2 Å². The Hall–Kier alpha value is -1.37. The van der Waals surface area contributed by atoms with Crippen LogP contribution in [0, 0.1) is 5.41 Å². The molecule has 3 nitrogen and oxygen atoms in total. The Morgan fingerprint density at radius 3 is 2.57 bits per heavy atom. The van der Waals surface area contributed by atoms with E-state index in [1.165, 1.54) is 6.07 Å². The monoisotopic (exact) mass is 317 g/mol. The van der Waals surface area contributed by atoms with Crippen molar-refractivity contribution in [1.29, 1.82) is 0 Å². The van der Waals surface area contributed by atoms with Gasteiger partial charge in [0.05, 0.1) is 5.56 Å². The van der Waals surface area contributed by atoms with Crippen LogP contribution in [0.2, 0.25) is 0 Å². The lowest BCUT2D eigenvalue weighted by molar-refractivity contribution is -0.141. The summed E-state index contributed by atoms with van der Waals surface area (Å²) in [5.41, 5.74) is 5.14. The SMILES string of the molecule is CC1(C)CCCN(c2nc(C(F)(F)F)ccc2C(N)=S)C1. The second-order valence-electron chi connectivity index (χ2n) is 6.12. The summed E-state index contributed by atoms with van der Waals surface area (Å²) in [6.07, 6.45) is -2.54. The molecule has 1 aliphatic rings. The van der Waals surface area contributed by atoms with Crippen molar-refractivity contribution in [3.05, 3.63) is 23.4 Å². The zero-order chi connectivity index (χ0) is 15.8. The van der Waals surface area contributed by atoms with Gasteiger partial charge in [-0.1, -0.05) is 26.1 Å². The van der Waals surface area contributed by atoms with Gasteiger partial charge in [-0.3, -0.25) is 0 Å². The predicted octanol–water partition coefficient (Wildman–Crippen LogP) is 3.36. The molecule has 0 unspecified atom stereocenters. The highest BCUT2D eigenvalue weighted by Gasteiger charge is 2.35. The summed E-state index contributed by atoms with van der Waals surface area (Å²) in [5, 5.41) is 0. The predicted molar refractivity (Wildman–Crippen MR) is 80.4 cm³/mol. The maximum Gasteiger partial charge on any atom is 0.433 e. The van der Waals surface area contributed by atoms with Gasteiger partial charge < -0.3 is 10.6 Å². The molecule has 0 aromatic carbocycles. The van der Waals surface area contributed by atoms with Crippen molar-refractivity contribution in [1.82, 2.24) is 4.98 Å². The molecule has 0 saturated carbocycles. The van der Waals surface area contributed by atoms with Gasteiger partial charge in [0.1, 0.15) is 16.5 Å². The molecule has 21 heavy (non-hydrogen) atoms. The van der Waals surface area contributed by atoms with Gasteiger partial charge in [-0.2, -0.15) is 13.2 Å². The van der Waals surface area contributed by atoms with E-state index < -0.39 is 11.9 Å². The van der Waals surface area contributed by atoms with Crippen molar-refractivity contribution >= 4 is 23.0 Å². The molecular weight excluding hydrogens is 299 g/mol. The fourth-order valence-electron chi connectivity index (χ4n) is 2.64. The average Bonchev–Trinajstić information content (AvgIpc) is 2.35. The second kappa shape index (κ2) is 5.44. The Kier molecular flexibility index (Phi) is 4.15. The van der Waals surface area contributed by atoms with E-state index in [9.17, 15) is 13.2 Å². The lowest BCUT2D eigenvalue weighted by Crippen LogP contribution is -2.41. The van der Waals surface area contributed by atoms with Gasteiger partial charge in [0.2, 0.25) is 0 Å². The number of anilines is 1. The molecule has 0 spiro atoms. The summed E-state index contributed by atoms with van der Waals surface area (Å²) in [6, 6.07) is 2.24. The minimum Gasteiger partial charge on any atom is -0.389 e. The fourth-order valence-corrected chi connectivity index (χ4v) is 2.80. The van der Waals surface area contributed by atoms with Crippen LogP contribution >= 0.6 is 12.2 Å². The molecule has 1 aromatic heterocycles. The van der Waals surface area contributed by atoms with Gasteiger partial charge in [-0.05, 0) is 30.4 Å². The number of hydrogen-bond acceptors (Lipinski definition) is 3. The van der Waals surface area contributed by atoms with Crippen molar-refractivity contribution in [2.75, 3.05) is 18.0 Å². The molecule has 2 N–H and O–H groups in total. The molecule has 0 amide bonds. The Balaban J connectivity index is 2.46. The number of nitrogens with zero attached hydrogens (tertiary/aromatic N) is 2. The summed E-state index contributed by atoms with van der Waals surface area (Å²) in [4.78, 5) is 5.71. The van der Waals surface area contributed by atoms with Gasteiger partial charge in [0, 0.05) is 13.1 Å². The first-order valence-corrected chi connectivity index (χ1v) is 7.14. The Bertz CT molecular complexity index is 555. The molecule has 0 bridgehead atoms. The third-order valence-corrected chi connectivity index (χ3v) is 3.85. The number of hydrogen-bond donors (Lipinski definition) is 1. The van der Waals surface area contributed by atoms with Crippen LogP contribution in [-0.4, -0.2) is 23.1 Å². The van der Waals surface area contributed by atoms with E-state index in [0.29, 0.717) is 18.7 Å². The molecule has 0 radical (unpaired) electrons. The molecule has 0 atom stereocenters. The van der Waals surface area contributed by atoms with Gasteiger partial charge in [-0.25, -0.2) is 4.98 Å². The first-order valence-electron chi connectivity index (χ1n) is 6.73. The average molecular weight is 317 g/mol. The summed E-state index contributed by atoms with van der Waals surface area (Å²) in [7, 11) is 0. The number of thiocarbonyl (C=S) groups is 1. The Morgan fingerprint density at radius 1 is 1.38 bits per heavy atom. The first-order chi connectivity index (χ1) is 9.60. The van der Waals surface area contributed by atoms with Crippen LogP contribution in [0.5, 0.6) is 0 Å². The highest BCUT2D eigenvalue weighted by atomic mass is 32.1. The van der Waals surface area contributed by atoms with E-state index in [2.05, 4.69) is 18.8 Å². The summed E-state index contributed by atoms with van der Waals surface area (Å²) in [6.45, 7) is 5.48. The molecule has 1 aliphatic heterocycles. The highest BCUT2D eigenvalue weighted by Crippen LogP contribution is 2.35. The second-order valence-corrected chi connectivity index (χ2v) is 6.56. The van der Waals surface area contributed by atoms with Gasteiger partial charge in [0.15, 0.2) is 0 Å². The fraction of sp³-hybridized carbons (Fsp3) is 0.571. The summed E-state index contributed by atoms with van der Waals surface area (Å²) >= 11 is 4.94.